The summed E-state index contributed by atoms with van der Waals surface area (Å²) >= 11 is 1.66. The molecule has 0 aliphatic carbocycles. The van der Waals surface area contributed by atoms with Gasteiger partial charge >= 0.3 is 0 Å². The van der Waals surface area contributed by atoms with Crippen molar-refractivity contribution in [3.8, 4) is 0 Å². The molecule has 2 heterocycles. The van der Waals surface area contributed by atoms with Crippen molar-refractivity contribution in [3.63, 3.8) is 0 Å². The van der Waals surface area contributed by atoms with Crippen LogP contribution in [0.15, 0.2) is 79.0 Å². The van der Waals surface area contributed by atoms with Crippen molar-refractivity contribution < 1.29 is 24.5 Å². The zero-order valence-electron chi connectivity index (χ0n) is 21.4. The summed E-state index contributed by atoms with van der Waals surface area (Å²) in [5, 5.41) is 21.5. The van der Waals surface area contributed by atoms with Gasteiger partial charge in [0, 0.05) is 30.0 Å². The smallest absolute Gasteiger partial charge is 0.271 e. The molecule has 0 unspecified atom stereocenters. The number of aliphatic hydroxyl groups is 2. The average molecular weight is 546 g/mol. The number of hydrogen-bond acceptors (Lipinski definition) is 8. The predicted octanol–water partition coefficient (Wildman–Crippen LogP) is 4.32. The molecule has 0 radical (unpaired) electrons. The molecule has 1 fully saturated rings. The quantitative estimate of drug-likeness (QED) is 0.253. The van der Waals surface area contributed by atoms with E-state index in [4.69, 9.17) is 9.47 Å². The molecule has 1 saturated heterocycles. The Morgan fingerprint density at radius 1 is 0.923 bits per heavy atom. The van der Waals surface area contributed by atoms with Crippen molar-refractivity contribution in [2.24, 2.45) is 0 Å². The SMILES string of the molecule is O=C(NCc1ccc([C@@H]2O[C@H](CSCCO)C[C@H](c3ccc(CO)cc3)O2)cc1)c1cnc2ccccc2n1. The Balaban J connectivity index is 1.24. The number of hydrogen-bond donors (Lipinski definition) is 3. The molecule has 202 valence electrons. The Hall–Kier alpha value is -3.34. The number of rotatable bonds is 10. The normalized spacial score (nSPS) is 19.2. The standard InChI is InChI=1S/C30H31N3O5S/c34-13-14-39-19-24-15-28(22-9-7-21(18-35)8-10-22)38-30(37-24)23-11-5-20(6-12-23)16-32-29(36)27-17-31-25-3-1-2-4-26(25)33-27/h1-12,17,24,28,30,34-35H,13-16,18-19H2,(H,32,36)/t24-,28+,30+/m0/s1. The minimum absolute atomic E-state index is 0.000423. The van der Waals surface area contributed by atoms with Crippen molar-refractivity contribution in [3.05, 3.63) is 107 Å². The highest BCUT2D eigenvalue weighted by molar-refractivity contribution is 7.99. The van der Waals surface area contributed by atoms with E-state index in [1.54, 1.807) is 11.8 Å². The zero-order valence-corrected chi connectivity index (χ0v) is 22.2. The van der Waals surface area contributed by atoms with Crippen LogP contribution in [0.2, 0.25) is 0 Å². The molecular weight excluding hydrogens is 514 g/mol. The first-order valence-corrected chi connectivity index (χ1v) is 14.1. The number of amides is 1. The average Bonchev–Trinajstić information content (AvgIpc) is 3.00. The monoisotopic (exact) mass is 545 g/mol. The number of para-hydroxylation sites is 2. The van der Waals surface area contributed by atoms with Crippen LogP contribution in [0.1, 0.15) is 51.6 Å². The highest BCUT2D eigenvalue weighted by atomic mass is 32.2. The molecule has 3 aromatic carbocycles. The second-order valence-corrected chi connectivity index (χ2v) is 10.5. The Labute approximate surface area is 231 Å². The molecule has 8 nitrogen and oxygen atoms in total. The highest BCUT2D eigenvalue weighted by Crippen LogP contribution is 2.38. The van der Waals surface area contributed by atoms with Gasteiger partial charge in [-0.15, -0.1) is 0 Å². The van der Waals surface area contributed by atoms with E-state index in [1.165, 1.54) is 6.20 Å². The number of aromatic nitrogens is 2. The van der Waals surface area contributed by atoms with Gasteiger partial charge in [0.25, 0.3) is 5.91 Å². The number of thioether (sulfide) groups is 1. The predicted molar refractivity (Wildman–Crippen MR) is 150 cm³/mol. The van der Waals surface area contributed by atoms with Crippen molar-refractivity contribution in [2.75, 3.05) is 18.1 Å². The molecule has 1 aliphatic rings. The maximum Gasteiger partial charge on any atom is 0.271 e. The lowest BCUT2D eigenvalue weighted by Gasteiger charge is -2.36. The molecule has 3 N–H and O–H groups in total. The third kappa shape index (κ3) is 7.00. The molecule has 3 atom stereocenters. The van der Waals surface area contributed by atoms with Gasteiger partial charge in [-0.25, -0.2) is 4.98 Å². The van der Waals surface area contributed by atoms with E-state index in [0.717, 1.165) is 33.5 Å². The van der Waals surface area contributed by atoms with Crippen LogP contribution in [-0.4, -0.2) is 50.3 Å². The zero-order chi connectivity index (χ0) is 27.0. The van der Waals surface area contributed by atoms with Crippen molar-refractivity contribution in [2.45, 2.75) is 38.1 Å². The van der Waals surface area contributed by atoms with Crippen LogP contribution in [0.4, 0.5) is 0 Å². The van der Waals surface area contributed by atoms with E-state index >= 15 is 0 Å². The van der Waals surface area contributed by atoms with E-state index in [9.17, 15) is 15.0 Å². The second kappa shape index (κ2) is 13.1. The fourth-order valence-electron chi connectivity index (χ4n) is 4.43. The third-order valence-corrected chi connectivity index (χ3v) is 7.62. The Morgan fingerprint density at radius 3 is 2.38 bits per heavy atom. The van der Waals surface area contributed by atoms with E-state index in [1.807, 2.05) is 72.8 Å². The first-order chi connectivity index (χ1) is 19.1. The maximum atomic E-state index is 12.6. The highest BCUT2D eigenvalue weighted by Gasteiger charge is 2.32. The van der Waals surface area contributed by atoms with Crippen molar-refractivity contribution in [1.82, 2.24) is 15.3 Å². The minimum Gasteiger partial charge on any atom is -0.396 e. The minimum atomic E-state index is -0.544. The molecule has 1 aromatic heterocycles. The van der Waals surface area contributed by atoms with E-state index < -0.39 is 6.29 Å². The van der Waals surface area contributed by atoms with Crippen LogP contribution in [-0.2, 0) is 22.6 Å². The molecule has 0 saturated carbocycles. The number of carbonyl (C=O) groups excluding carboxylic acids is 1. The van der Waals surface area contributed by atoms with Gasteiger partial charge in [0.05, 0.1) is 42.7 Å². The van der Waals surface area contributed by atoms with Crippen molar-refractivity contribution >= 4 is 28.7 Å². The number of nitrogens with zero attached hydrogens (tertiary/aromatic N) is 2. The second-order valence-electron chi connectivity index (χ2n) is 9.32. The first-order valence-electron chi connectivity index (χ1n) is 12.9. The molecule has 39 heavy (non-hydrogen) atoms. The first kappa shape index (κ1) is 27.2. The van der Waals surface area contributed by atoms with Crippen molar-refractivity contribution in [1.29, 1.82) is 0 Å². The van der Waals surface area contributed by atoms with Crippen LogP contribution in [0.3, 0.4) is 0 Å². The van der Waals surface area contributed by atoms with Crippen LogP contribution in [0.5, 0.6) is 0 Å². The van der Waals surface area contributed by atoms with Gasteiger partial charge in [0.2, 0.25) is 0 Å². The third-order valence-electron chi connectivity index (χ3n) is 6.54. The van der Waals surface area contributed by atoms with Gasteiger partial charge in [-0.3, -0.25) is 9.78 Å². The number of benzene rings is 3. The van der Waals surface area contributed by atoms with Gasteiger partial charge in [-0.2, -0.15) is 11.8 Å². The van der Waals surface area contributed by atoms with E-state index in [0.29, 0.717) is 24.2 Å². The Morgan fingerprint density at radius 2 is 1.64 bits per heavy atom. The molecule has 5 rings (SSSR count). The van der Waals surface area contributed by atoms with Gasteiger partial charge in [-0.1, -0.05) is 60.7 Å². The molecule has 9 heteroatoms. The van der Waals surface area contributed by atoms with E-state index in [-0.39, 0.29) is 37.0 Å². The summed E-state index contributed by atoms with van der Waals surface area (Å²) < 4.78 is 12.7. The number of fused-ring (bicyclic) bond motifs is 1. The summed E-state index contributed by atoms with van der Waals surface area (Å²) in [7, 11) is 0. The largest absolute Gasteiger partial charge is 0.396 e. The van der Waals surface area contributed by atoms with Gasteiger partial charge in [-0.05, 0) is 28.8 Å². The van der Waals surface area contributed by atoms with Crippen LogP contribution in [0, 0.1) is 0 Å². The molecule has 0 bridgehead atoms. The van der Waals surface area contributed by atoms with Gasteiger partial charge < -0.3 is 25.0 Å². The fourth-order valence-corrected chi connectivity index (χ4v) is 5.21. The van der Waals surface area contributed by atoms with Gasteiger partial charge in [0.15, 0.2) is 6.29 Å². The van der Waals surface area contributed by atoms with E-state index in [2.05, 4.69) is 15.3 Å². The Bertz CT molecular complexity index is 1380. The summed E-state index contributed by atoms with van der Waals surface area (Å²) in [6, 6.07) is 23.0. The summed E-state index contributed by atoms with van der Waals surface area (Å²) in [4.78, 5) is 21.4. The molecule has 4 aromatic rings. The van der Waals surface area contributed by atoms with Crippen LogP contribution in [0.25, 0.3) is 11.0 Å². The van der Waals surface area contributed by atoms with Gasteiger partial charge in [0.1, 0.15) is 5.69 Å². The number of ether oxygens (including phenoxy) is 2. The number of carbonyl (C=O) groups is 1. The molecular formula is C30H31N3O5S. The van der Waals surface area contributed by atoms with Crippen LogP contribution >= 0.6 is 11.8 Å². The lowest BCUT2D eigenvalue weighted by atomic mass is 10.0. The maximum absolute atomic E-state index is 12.6. The Kier molecular flexibility index (Phi) is 9.18. The summed E-state index contributed by atoms with van der Waals surface area (Å²) in [6.07, 6.45) is 1.46. The summed E-state index contributed by atoms with van der Waals surface area (Å²) in [6.45, 7) is 0.482. The molecule has 1 aliphatic heterocycles. The topological polar surface area (TPSA) is 114 Å². The molecule has 1 amide bonds. The fraction of sp³-hybridized carbons (Fsp3) is 0.300. The molecule has 0 spiro atoms. The van der Waals surface area contributed by atoms with Crippen LogP contribution < -0.4 is 5.32 Å². The summed E-state index contributed by atoms with van der Waals surface area (Å²) in [5.41, 5.74) is 5.41. The summed E-state index contributed by atoms with van der Waals surface area (Å²) in [5.74, 6) is 1.13. The lowest BCUT2D eigenvalue weighted by Crippen LogP contribution is -2.31. The number of nitrogens with one attached hydrogen (secondary N) is 1. The number of aliphatic hydroxyl groups excluding tert-OH is 2. The lowest BCUT2D eigenvalue weighted by molar-refractivity contribution is -0.245.